The van der Waals surface area contributed by atoms with Crippen LogP contribution in [0, 0.1) is 17.8 Å². The van der Waals surface area contributed by atoms with E-state index in [2.05, 4.69) is 0 Å². The van der Waals surface area contributed by atoms with E-state index >= 15 is 0 Å². The van der Waals surface area contributed by atoms with Crippen LogP contribution in [0.2, 0.25) is 0 Å². The summed E-state index contributed by atoms with van der Waals surface area (Å²) in [6.45, 7) is 8.85. The number of unbranched alkanes of at least 4 members (excludes halogenated alkanes) is 2. The summed E-state index contributed by atoms with van der Waals surface area (Å²) in [5.41, 5.74) is 5.60. The minimum absolute atomic E-state index is 0.0195. The summed E-state index contributed by atoms with van der Waals surface area (Å²) in [5.74, 6) is -6.89. The molecule has 0 aromatic heterocycles. The molecule has 0 unspecified atom stereocenters. The molecule has 2 bridgehead atoms. The van der Waals surface area contributed by atoms with Crippen LogP contribution in [-0.2, 0) is 33.3 Å². The maximum Gasteiger partial charge on any atom is 0.311 e. The Hall–Kier alpha value is -4.01. The fourth-order valence-corrected chi connectivity index (χ4v) is 10.4. The van der Waals surface area contributed by atoms with Gasteiger partial charge in [-0.25, -0.2) is 0 Å². The average molecular weight is 1110 g/mol. The number of esters is 1. The highest BCUT2D eigenvalue weighted by Gasteiger charge is 2.52. The van der Waals surface area contributed by atoms with Crippen LogP contribution in [0.25, 0.3) is 0 Å². The van der Waals surface area contributed by atoms with Gasteiger partial charge in [0.05, 0.1) is 79.6 Å². The normalized spacial score (nSPS) is 41.3. The number of aliphatic hydroxyl groups excluding tert-OH is 9. The number of carbonyl (C=O) groups is 3. The number of carboxylic acids is 1. The highest BCUT2D eigenvalue weighted by Crippen LogP contribution is 2.38. The first-order valence-electron chi connectivity index (χ1n) is 27.7. The van der Waals surface area contributed by atoms with Crippen LogP contribution in [0.15, 0.2) is 85.1 Å². The van der Waals surface area contributed by atoms with E-state index in [1.54, 1.807) is 86.4 Å². The number of carboxylic acid groups (broad SMARTS) is 1. The quantitative estimate of drug-likeness (QED) is 0.115. The van der Waals surface area contributed by atoms with Gasteiger partial charge in [-0.1, -0.05) is 105 Å². The molecule has 4 aliphatic heterocycles. The Bertz CT molecular complexity index is 2030. The number of nitrogens with two attached hydrogens (primary N) is 1. The van der Waals surface area contributed by atoms with E-state index in [9.17, 15) is 70.6 Å². The predicted octanol–water partition coefficient (Wildman–Crippen LogP) is 1.42. The van der Waals surface area contributed by atoms with E-state index in [1.807, 2.05) is 36.1 Å². The van der Waals surface area contributed by atoms with E-state index in [1.165, 1.54) is 0 Å². The summed E-state index contributed by atoms with van der Waals surface area (Å²) in [5, 5.41) is 122. The third kappa shape index (κ3) is 21.8. The van der Waals surface area contributed by atoms with Crippen molar-refractivity contribution in [3.05, 3.63) is 85.1 Å². The molecule has 0 saturated carbocycles. The molecule has 0 aliphatic carbocycles. The number of hydrogen-bond acceptors (Lipinski definition) is 19. The molecular weight excluding hydrogens is 1010 g/mol. The van der Waals surface area contributed by atoms with E-state index in [0.717, 1.165) is 19.3 Å². The maximum atomic E-state index is 13.0. The lowest BCUT2D eigenvalue weighted by molar-refractivity contribution is -0.312. The van der Waals surface area contributed by atoms with Crippen LogP contribution in [0.1, 0.15) is 105 Å². The van der Waals surface area contributed by atoms with Gasteiger partial charge in [0.1, 0.15) is 18.1 Å². The molecule has 19 atom stereocenters. The van der Waals surface area contributed by atoms with E-state index in [-0.39, 0.29) is 37.5 Å². The molecule has 13 N–H and O–H groups in total. The van der Waals surface area contributed by atoms with Gasteiger partial charge in [0.2, 0.25) is 5.91 Å². The smallest absolute Gasteiger partial charge is 0.311 e. The first-order chi connectivity index (χ1) is 37.0. The molecule has 21 heteroatoms. The van der Waals surface area contributed by atoms with Crippen molar-refractivity contribution >= 4 is 17.8 Å². The van der Waals surface area contributed by atoms with Crippen molar-refractivity contribution in [1.82, 2.24) is 9.80 Å². The Morgan fingerprint density at radius 1 is 0.667 bits per heavy atom. The molecule has 1 amide bonds. The number of piperazine rings is 1. The molecule has 0 aromatic rings. The number of cyclic esters (lactones) is 1. The van der Waals surface area contributed by atoms with Crippen LogP contribution < -0.4 is 5.73 Å². The summed E-state index contributed by atoms with van der Waals surface area (Å²) in [6.07, 6.45) is 6.27. The van der Waals surface area contributed by atoms with Gasteiger partial charge in [-0.05, 0) is 52.5 Å². The molecule has 0 aromatic carbocycles. The van der Waals surface area contributed by atoms with Gasteiger partial charge in [0.25, 0.3) is 0 Å². The van der Waals surface area contributed by atoms with Gasteiger partial charge in [-0.2, -0.15) is 0 Å². The molecule has 78 heavy (non-hydrogen) atoms. The van der Waals surface area contributed by atoms with Gasteiger partial charge < -0.3 is 85.8 Å². The first-order valence-corrected chi connectivity index (χ1v) is 27.7. The third-order valence-electron chi connectivity index (χ3n) is 15.1. The molecule has 21 nitrogen and oxygen atoms in total. The third-order valence-corrected chi connectivity index (χ3v) is 15.1. The van der Waals surface area contributed by atoms with Gasteiger partial charge in [0.15, 0.2) is 12.1 Å². The minimum Gasteiger partial charge on any atom is -0.481 e. The van der Waals surface area contributed by atoms with E-state index in [0.29, 0.717) is 39.1 Å². The molecule has 3 saturated heterocycles. The van der Waals surface area contributed by atoms with Gasteiger partial charge >= 0.3 is 11.9 Å². The number of hydrogen-bond donors (Lipinski definition) is 12. The largest absolute Gasteiger partial charge is 0.481 e. The van der Waals surface area contributed by atoms with E-state index in [4.69, 9.17) is 24.7 Å². The van der Waals surface area contributed by atoms with Crippen LogP contribution in [0.3, 0.4) is 0 Å². The van der Waals surface area contributed by atoms with Crippen molar-refractivity contribution in [3.8, 4) is 0 Å². The molecule has 3 fully saturated rings. The molecule has 0 spiro atoms. The molecule has 0 radical (unpaired) electrons. The second kappa shape index (κ2) is 33.7. The highest BCUT2D eigenvalue weighted by atomic mass is 16.7. The van der Waals surface area contributed by atoms with Gasteiger partial charge in [0, 0.05) is 70.1 Å². The van der Waals surface area contributed by atoms with Gasteiger partial charge in [-0.15, -0.1) is 0 Å². The monoisotopic (exact) mass is 1110 g/mol. The maximum absolute atomic E-state index is 13.0. The number of fused-ring (bicyclic) bond motifs is 2. The molecule has 442 valence electrons. The summed E-state index contributed by atoms with van der Waals surface area (Å²) in [4.78, 5) is 42.1. The van der Waals surface area contributed by atoms with Crippen molar-refractivity contribution in [1.29, 1.82) is 0 Å². The van der Waals surface area contributed by atoms with E-state index < -0.39 is 147 Å². The Kier molecular flexibility index (Phi) is 28.7. The van der Waals surface area contributed by atoms with Crippen LogP contribution in [0.5, 0.6) is 0 Å². The number of carbonyl (C=O) groups excluding carboxylic acids is 2. The average Bonchev–Trinajstić information content (AvgIpc) is 3.38. The number of amides is 1. The molecule has 4 heterocycles. The lowest BCUT2D eigenvalue weighted by Crippen LogP contribution is -2.66. The topological polar surface area (TPSA) is 343 Å². The summed E-state index contributed by atoms with van der Waals surface area (Å²) in [6, 6.07) is -0.887. The summed E-state index contributed by atoms with van der Waals surface area (Å²) in [7, 11) is 0. The van der Waals surface area contributed by atoms with Gasteiger partial charge in [-0.3, -0.25) is 19.3 Å². The number of allylic oxidation sites excluding steroid dienone is 12. The first kappa shape index (κ1) is 66.5. The predicted molar refractivity (Wildman–Crippen MR) is 288 cm³/mol. The Labute approximate surface area is 459 Å². The summed E-state index contributed by atoms with van der Waals surface area (Å²) >= 11 is 0. The van der Waals surface area contributed by atoms with Crippen molar-refractivity contribution in [2.24, 2.45) is 23.5 Å². The van der Waals surface area contributed by atoms with Crippen molar-refractivity contribution in [3.63, 3.8) is 0 Å². The molecular formula is C57H91N3O18. The Morgan fingerprint density at radius 2 is 1.27 bits per heavy atom. The Balaban J connectivity index is 1.57. The lowest BCUT2D eigenvalue weighted by Gasteiger charge is -2.49. The number of nitrogens with zero attached hydrogens (tertiary/aromatic N) is 2. The number of ether oxygens (including phenoxy) is 4. The van der Waals surface area contributed by atoms with Crippen molar-refractivity contribution < 1.29 is 89.5 Å². The second-order valence-electron chi connectivity index (χ2n) is 21.5. The highest BCUT2D eigenvalue weighted by molar-refractivity contribution is 5.76. The van der Waals surface area contributed by atoms with Crippen LogP contribution in [-0.4, -0.2) is 214 Å². The fourth-order valence-electron chi connectivity index (χ4n) is 10.4. The van der Waals surface area contributed by atoms with Crippen molar-refractivity contribution in [2.45, 2.75) is 202 Å². The standard InChI is InChI=1S/C57H91N3O18/c1-36-20-16-13-11-9-7-5-6-8-10-12-14-17-21-43(77-56-54(71)51(53(70)39(4)76-56)60-28-26-59(27-29-60)48(67)22-18-15-19-25-58)33-47-50(55(72)73)46(66)35-57(74,78-47)34-42(63)31-45(65)44(64)24-23-40(61)30-41(62)32-49(68)75-38(3)37(2)52(36)69/h5-14,16-17,20-21,36-47,50-54,56,61-66,69-71,74H,15,18-19,22-35,58H2,1-4H3,(H,72,73)/b6-5+,9-7+,10-8+,13-11+,14-12+,20-16+,21-17+/t36-,37-,38-,39+,40+,41+,42-,43-,44+,45+,46-,47-,50+,51-,52+,53+,54-,56-,57+/m0/s1. The molecule has 4 aliphatic rings. The number of rotatable bonds is 9. The Morgan fingerprint density at radius 3 is 1.87 bits per heavy atom. The second-order valence-corrected chi connectivity index (χ2v) is 21.5. The van der Waals surface area contributed by atoms with Crippen LogP contribution >= 0.6 is 0 Å². The SMILES string of the molecule is C[C@@H]1[C@H](O)[C@@H](C)/C=C/C=C/C=C/C=C/C=C/C=C/C=C/[C@H](O[C@@H]2O[C@H](C)[C@@H](O)[C@H](N3CCN(C(=O)CCCCCN)CC3)[C@@H]2O)C[C@@H]2O[C@](O)(C[C@@H](O)C[C@@H](O)[C@H](O)CC[C@@H](O)C[C@@H](O)CC(=O)O[C@H]1C)C[C@H](O)[C@H]2C(=O)O. The van der Waals surface area contributed by atoms with Crippen LogP contribution in [0.4, 0.5) is 0 Å². The number of aliphatic carboxylic acids is 1. The zero-order chi connectivity index (χ0) is 57.5. The number of aliphatic hydroxyl groups is 10. The zero-order valence-corrected chi connectivity index (χ0v) is 45.7. The fraction of sp³-hybridized carbons (Fsp3) is 0.702. The molecule has 4 rings (SSSR count). The zero-order valence-electron chi connectivity index (χ0n) is 45.7. The summed E-state index contributed by atoms with van der Waals surface area (Å²) < 4.78 is 24.0. The lowest BCUT2D eigenvalue weighted by atomic mass is 9.82. The minimum atomic E-state index is -2.36. The van der Waals surface area contributed by atoms with Crippen molar-refractivity contribution in [2.75, 3.05) is 32.7 Å².